The molecule has 0 saturated carbocycles. The Morgan fingerprint density at radius 2 is 2.26 bits per heavy atom. The maximum absolute atomic E-state index is 5.97. The van der Waals surface area contributed by atoms with Crippen LogP contribution >= 0.6 is 11.3 Å². The molecule has 1 N–H and O–H groups in total. The van der Waals surface area contributed by atoms with E-state index in [2.05, 4.69) is 34.9 Å². The minimum atomic E-state index is 0.126. The number of nitrogens with one attached hydrogen (secondary N) is 1. The number of thiophene rings is 1. The Bertz CT molecular complexity index is 519. The first-order valence-electron chi connectivity index (χ1n) is 6.48. The number of aryl methyl sites for hydroxylation is 2. The molecule has 2 rings (SSSR count). The van der Waals surface area contributed by atoms with Gasteiger partial charge < -0.3 is 10.1 Å². The zero-order chi connectivity index (χ0) is 13.8. The van der Waals surface area contributed by atoms with Crippen molar-refractivity contribution >= 4 is 11.3 Å². The van der Waals surface area contributed by atoms with Crippen LogP contribution in [0.25, 0.3) is 0 Å². The molecule has 1 unspecified atom stereocenters. The zero-order valence-corrected chi connectivity index (χ0v) is 12.8. The Morgan fingerprint density at radius 3 is 2.84 bits per heavy atom. The van der Waals surface area contributed by atoms with E-state index >= 15 is 0 Å². The summed E-state index contributed by atoms with van der Waals surface area (Å²) in [6.45, 7) is 7.81. The second-order valence-corrected chi connectivity index (χ2v) is 5.79. The average Bonchev–Trinajstić information content (AvgIpc) is 2.94. The van der Waals surface area contributed by atoms with E-state index in [4.69, 9.17) is 4.74 Å². The topological polar surface area (TPSA) is 39.1 Å². The highest BCUT2D eigenvalue weighted by atomic mass is 32.1. The maximum atomic E-state index is 5.97. The van der Waals surface area contributed by atoms with Crippen molar-refractivity contribution in [2.75, 3.05) is 6.54 Å². The van der Waals surface area contributed by atoms with E-state index in [1.165, 1.54) is 4.88 Å². The lowest BCUT2D eigenvalue weighted by Gasteiger charge is -2.15. The second kappa shape index (κ2) is 6.21. The van der Waals surface area contributed by atoms with Crippen molar-refractivity contribution in [3.8, 4) is 5.75 Å². The van der Waals surface area contributed by atoms with Gasteiger partial charge in [-0.1, -0.05) is 6.07 Å². The summed E-state index contributed by atoms with van der Waals surface area (Å²) in [6, 6.07) is 4.21. The van der Waals surface area contributed by atoms with Crippen LogP contribution in [0.5, 0.6) is 5.75 Å². The van der Waals surface area contributed by atoms with Gasteiger partial charge >= 0.3 is 0 Å². The minimum Gasteiger partial charge on any atom is -0.486 e. The molecule has 0 fully saturated rings. The molecule has 0 radical (unpaired) electrons. The van der Waals surface area contributed by atoms with Gasteiger partial charge in [-0.3, -0.25) is 4.68 Å². The standard InChI is InChI=1S/C14H21N3OS/c1-10(8-15-9-13-6-5-7-19-13)18-14-11(2)16-17(4)12(14)3/h5-7,10,15H,8-9H2,1-4H3. The highest BCUT2D eigenvalue weighted by Crippen LogP contribution is 2.22. The molecule has 0 aliphatic heterocycles. The fourth-order valence-corrected chi connectivity index (χ4v) is 2.65. The summed E-state index contributed by atoms with van der Waals surface area (Å²) in [5, 5.41) is 9.87. The van der Waals surface area contributed by atoms with Gasteiger partial charge in [0.2, 0.25) is 0 Å². The van der Waals surface area contributed by atoms with Gasteiger partial charge in [-0.15, -0.1) is 11.3 Å². The van der Waals surface area contributed by atoms with Crippen LogP contribution in [-0.2, 0) is 13.6 Å². The molecule has 0 bridgehead atoms. The number of rotatable bonds is 6. The Hall–Kier alpha value is -1.33. The summed E-state index contributed by atoms with van der Waals surface area (Å²) in [5.74, 6) is 0.910. The van der Waals surface area contributed by atoms with Gasteiger partial charge in [-0.25, -0.2) is 0 Å². The Balaban J connectivity index is 1.82. The summed E-state index contributed by atoms with van der Waals surface area (Å²) in [4.78, 5) is 1.35. The van der Waals surface area contributed by atoms with Gasteiger partial charge in [0, 0.05) is 25.0 Å². The molecule has 0 amide bonds. The van der Waals surface area contributed by atoms with Gasteiger partial charge in [0.25, 0.3) is 0 Å². The lowest BCUT2D eigenvalue weighted by atomic mass is 10.3. The minimum absolute atomic E-state index is 0.126. The number of hydrogen-bond acceptors (Lipinski definition) is 4. The fraction of sp³-hybridized carbons (Fsp3) is 0.500. The van der Waals surface area contributed by atoms with Gasteiger partial charge in [0.05, 0.1) is 5.69 Å². The smallest absolute Gasteiger partial charge is 0.163 e. The van der Waals surface area contributed by atoms with Crippen molar-refractivity contribution in [2.24, 2.45) is 7.05 Å². The Kier molecular flexibility index (Phi) is 4.61. The van der Waals surface area contributed by atoms with E-state index in [1.807, 2.05) is 25.6 Å². The molecule has 0 saturated heterocycles. The maximum Gasteiger partial charge on any atom is 0.163 e. The van der Waals surface area contributed by atoms with Crippen molar-refractivity contribution in [3.05, 3.63) is 33.8 Å². The number of ether oxygens (including phenoxy) is 1. The first-order valence-corrected chi connectivity index (χ1v) is 7.36. The molecule has 4 nitrogen and oxygen atoms in total. The first kappa shape index (κ1) is 14.1. The van der Waals surface area contributed by atoms with Crippen LogP contribution in [0.2, 0.25) is 0 Å². The van der Waals surface area contributed by atoms with Crippen LogP contribution < -0.4 is 10.1 Å². The van der Waals surface area contributed by atoms with E-state index < -0.39 is 0 Å². The zero-order valence-electron chi connectivity index (χ0n) is 11.9. The normalized spacial score (nSPS) is 12.6. The van der Waals surface area contributed by atoms with Crippen molar-refractivity contribution in [3.63, 3.8) is 0 Å². The van der Waals surface area contributed by atoms with Crippen LogP contribution in [0.15, 0.2) is 17.5 Å². The molecule has 2 heterocycles. The predicted octanol–water partition coefficient (Wildman–Crippen LogP) is 2.66. The summed E-state index contributed by atoms with van der Waals surface area (Å²) in [7, 11) is 1.94. The number of nitrogens with zero attached hydrogens (tertiary/aromatic N) is 2. The van der Waals surface area contributed by atoms with Crippen LogP contribution in [0.1, 0.15) is 23.2 Å². The molecular weight excluding hydrogens is 258 g/mol. The molecule has 104 valence electrons. The first-order chi connectivity index (χ1) is 9.08. The average molecular weight is 279 g/mol. The van der Waals surface area contributed by atoms with E-state index in [0.29, 0.717) is 0 Å². The van der Waals surface area contributed by atoms with E-state index in [9.17, 15) is 0 Å². The van der Waals surface area contributed by atoms with Gasteiger partial charge in [0.15, 0.2) is 5.75 Å². The van der Waals surface area contributed by atoms with Crippen molar-refractivity contribution in [2.45, 2.75) is 33.4 Å². The fourth-order valence-electron chi connectivity index (χ4n) is 1.98. The van der Waals surface area contributed by atoms with E-state index in [1.54, 1.807) is 11.3 Å². The van der Waals surface area contributed by atoms with Crippen molar-refractivity contribution in [1.29, 1.82) is 0 Å². The third kappa shape index (κ3) is 3.58. The molecule has 0 aliphatic carbocycles. The van der Waals surface area contributed by atoms with Crippen LogP contribution in [0.4, 0.5) is 0 Å². The Labute approximate surface area is 118 Å². The predicted molar refractivity (Wildman–Crippen MR) is 78.8 cm³/mol. The molecule has 2 aromatic heterocycles. The number of hydrogen-bond donors (Lipinski definition) is 1. The molecule has 0 spiro atoms. The van der Waals surface area contributed by atoms with Crippen molar-refractivity contribution in [1.82, 2.24) is 15.1 Å². The van der Waals surface area contributed by atoms with Gasteiger partial charge in [-0.05, 0) is 32.2 Å². The van der Waals surface area contributed by atoms with E-state index in [-0.39, 0.29) is 6.10 Å². The van der Waals surface area contributed by atoms with Crippen LogP contribution in [-0.4, -0.2) is 22.4 Å². The molecule has 0 aromatic carbocycles. The molecule has 0 aliphatic rings. The number of aromatic nitrogens is 2. The molecule has 2 aromatic rings. The largest absolute Gasteiger partial charge is 0.486 e. The summed E-state index contributed by atoms with van der Waals surface area (Å²) >= 11 is 1.77. The monoisotopic (exact) mass is 279 g/mol. The quantitative estimate of drug-likeness (QED) is 0.883. The lowest BCUT2D eigenvalue weighted by Crippen LogP contribution is -2.28. The summed E-state index contributed by atoms with van der Waals surface area (Å²) in [6.07, 6.45) is 0.126. The van der Waals surface area contributed by atoms with Crippen molar-refractivity contribution < 1.29 is 4.74 Å². The van der Waals surface area contributed by atoms with Gasteiger partial charge in [-0.2, -0.15) is 5.10 Å². The van der Waals surface area contributed by atoms with Gasteiger partial charge in [0.1, 0.15) is 11.8 Å². The van der Waals surface area contributed by atoms with Crippen LogP contribution in [0, 0.1) is 13.8 Å². The summed E-state index contributed by atoms with van der Waals surface area (Å²) < 4.78 is 7.83. The third-order valence-corrected chi connectivity index (χ3v) is 3.95. The lowest BCUT2D eigenvalue weighted by molar-refractivity contribution is 0.214. The van der Waals surface area contributed by atoms with E-state index in [0.717, 1.165) is 30.2 Å². The Morgan fingerprint density at radius 1 is 1.47 bits per heavy atom. The second-order valence-electron chi connectivity index (χ2n) is 4.76. The highest BCUT2D eigenvalue weighted by molar-refractivity contribution is 7.09. The highest BCUT2D eigenvalue weighted by Gasteiger charge is 2.13. The molecule has 19 heavy (non-hydrogen) atoms. The molecule has 1 atom stereocenters. The summed E-state index contributed by atoms with van der Waals surface area (Å²) in [5.41, 5.74) is 2.02. The molecule has 5 heteroatoms. The molecular formula is C14H21N3OS. The van der Waals surface area contributed by atoms with Crippen LogP contribution in [0.3, 0.4) is 0 Å². The third-order valence-electron chi connectivity index (χ3n) is 3.07. The SMILES string of the molecule is Cc1nn(C)c(C)c1OC(C)CNCc1cccs1.